The SMILES string of the molecule is CC(C)(C)OC(=O)NCCOCCOCCOCCOCCOCCOCCOCCO[Si](C)(C)C(C)(C)C. The topological polar surface area (TPSA) is 112 Å². The highest BCUT2D eigenvalue weighted by molar-refractivity contribution is 6.74. The van der Waals surface area contributed by atoms with Gasteiger partial charge in [-0.05, 0) is 38.9 Å². The van der Waals surface area contributed by atoms with Crippen molar-refractivity contribution in [2.24, 2.45) is 0 Å². The van der Waals surface area contributed by atoms with E-state index in [-0.39, 0.29) is 5.04 Å². The molecule has 0 fully saturated rings. The summed E-state index contributed by atoms with van der Waals surface area (Å²) >= 11 is 0. The first-order valence-electron chi connectivity index (χ1n) is 14.0. The van der Waals surface area contributed by atoms with Gasteiger partial charge in [0.1, 0.15) is 5.60 Å². The minimum atomic E-state index is -1.69. The van der Waals surface area contributed by atoms with Gasteiger partial charge in [0.05, 0.1) is 99.1 Å². The maximum absolute atomic E-state index is 11.5. The van der Waals surface area contributed by atoms with Crippen LogP contribution in [0, 0.1) is 0 Å². The predicted octanol–water partition coefficient (Wildman–Crippen LogP) is 3.65. The van der Waals surface area contributed by atoms with E-state index < -0.39 is 20.0 Å². The highest BCUT2D eigenvalue weighted by Crippen LogP contribution is 2.36. The number of nitrogens with one attached hydrogen (secondary N) is 1. The fourth-order valence-electron chi connectivity index (χ4n) is 2.53. The van der Waals surface area contributed by atoms with Crippen molar-refractivity contribution in [3.63, 3.8) is 0 Å². The van der Waals surface area contributed by atoms with Crippen molar-refractivity contribution in [3.05, 3.63) is 0 Å². The van der Waals surface area contributed by atoms with E-state index in [0.717, 1.165) is 0 Å². The van der Waals surface area contributed by atoms with Crippen molar-refractivity contribution in [1.29, 1.82) is 0 Å². The summed E-state index contributed by atoms with van der Waals surface area (Å²) < 4.78 is 49.5. The predicted molar refractivity (Wildman–Crippen MR) is 153 cm³/mol. The summed E-state index contributed by atoms with van der Waals surface area (Å²) in [4.78, 5) is 11.5. The van der Waals surface area contributed by atoms with Crippen LogP contribution in [-0.2, 0) is 42.3 Å². The molecule has 39 heavy (non-hydrogen) atoms. The van der Waals surface area contributed by atoms with Crippen LogP contribution in [0.2, 0.25) is 18.1 Å². The van der Waals surface area contributed by atoms with Crippen molar-refractivity contribution in [1.82, 2.24) is 5.32 Å². The second-order valence-corrected chi connectivity index (χ2v) is 16.1. The molecule has 0 aromatic heterocycles. The summed E-state index contributed by atoms with van der Waals surface area (Å²) in [6.07, 6.45) is -0.447. The second kappa shape index (κ2) is 22.8. The van der Waals surface area contributed by atoms with Gasteiger partial charge in [0.2, 0.25) is 0 Å². The first kappa shape index (κ1) is 38.2. The molecule has 234 valence electrons. The van der Waals surface area contributed by atoms with Gasteiger partial charge in [-0.3, -0.25) is 0 Å². The molecule has 0 unspecified atom stereocenters. The number of alkyl carbamates (subject to hydrolysis) is 1. The Labute approximate surface area is 237 Å². The van der Waals surface area contributed by atoms with Crippen LogP contribution in [0.15, 0.2) is 0 Å². The summed E-state index contributed by atoms with van der Waals surface area (Å²) in [7, 11) is -1.69. The first-order chi connectivity index (χ1) is 18.4. The molecule has 1 N–H and O–H groups in total. The van der Waals surface area contributed by atoms with Crippen LogP contribution < -0.4 is 5.32 Å². The van der Waals surface area contributed by atoms with Crippen LogP contribution in [-0.4, -0.2) is 126 Å². The Bertz CT molecular complexity index is 582. The Morgan fingerprint density at radius 1 is 0.538 bits per heavy atom. The smallest absolute Gasteiger partial charge is 0.407 e. The van der Waals surface area contributed by atoms with E-state index in [1.165, 1.54) is 0 Å². The Balaban J connectivity index is 3.21. The van der Waals surface area contributed by atoms with Crippen LogP contribution in [0.25, 0.3) is 0 Å². The van der Waals surface area contributed by atoms with Gasteiger partial charge >= 0.3 is 6.09 Å². The van der Waals surface area contributed by atoms with E-state index >= 15 is 0 Å². The van der Waals surface area contributed by atoms with Gasteiger partial charge in [-0.25, -0.2) is 4.79 Å². The summed E-state index contributed by atoms with van der Waals surface area (Å²) in [5.41, 5.74) is -0.505. The van der Waals surface area contributed by atoms with Gasteiger partial charge in [-0.15, -0.1) is 0 Å². The quantitative estimate of drug-likeness (QED) is 0.126. The van der Waals surface area contributed by atoms with Gasteiger partial charge in [0.15, 0.2) is 8.32 Å². The molecule has 0 saturated carbocycles. The average molecular weight is 584 g/mol. The molecule has 0 spiro atoms. The molecule has 0 bridgehead atoms. The Morgan fingerprint density at radius 2 is 0.846 bits per heavy atom. The second-order valence-electron chi connectivity index (χ2n) is 11.3. The molecule has 0 atom stereocenters. The van der Waals surface area contributed by atoms with Crippen molar-refractivity contribution in [2.45, 2.75) is 65.3 Å². The molecule has 0 rings (SSSR count). The minimum Gasteiger partial charge on any atom is -0.444 e. The summed E-state index contributed by atoms with van der Waals surface area (Å²) in [5, 5.41) is 2.85. The molecule has 12 heteroatoms. The van der Waals surface area contributed by atoms with E-state index in [4.69, 9.17) is 42.3 Å². The largest absolute Gasteiger partial charge is 0.444 e. The number of carbonyl (C=O) groups is 1. The fraction of sp³-hybridized carbons (Fsp3) is 0.963. The van der Waals surface area contributed by atoms with Crippen molar-refractivity contribution >= 4 is 14.4 Å². The van der Waals surface area contributed by atoms with Crippen LogP contribution in [0.5, 0.6) is 0 Å². The average Bonchev–Trinajstić information content (AvgIpc) is 2.82. The van der Waals surface area contributed by atoms with Crippen LogP contribution in [0.3, 0.4) is 0 Å². The van der Waals surface area contributed by atoms with E-state index in [1.54, 1.807) is 0 Å². The maximum atomic E-state index is 11.5. The van der Waals surface area contributed by atoms with E-state index in [9.17, 15) is 4.79 Å². The fourth-order valence-corrected chi connectivity index (χ4v) is 3.56. The maximum Gasteiger partial charge on any atom is 0.407 e. The highest BCUT2D eigenvalue weighted by atomic mass is 28.4. The molecule has 0 radical (unpaired) electrons. The highest BCUT2D eigenvalue weighted by Gasteiger charge is 2.36. The lowest BCUT2D eigenvalue weighted by atomic mass is 10.2. The molecular weight excluding hydrogens is 526 g/mol. The Morgan fingerprint density at radius 3 is 1.15 bits per heavy atom. The monoisotopic (exact) mass is 583 g/mol. The molecular formula is C27H57NO10Si. The molecule has 0 heterocycles. The molecule has 0 aliphatic carbocycles. The van der Waals surface area contributed by atoms with Gasteiger partial charge in [-0.2, -0.15) is 0 Å². The zero-order valence-electron chi connectivity index (χ0n) is 25.9. The summed E-state index contributed by atoms with van der Waals surface area (Å²) in [6.45, 7) is 24.7. The molecule has 1 amide bonds. The molecule has 11 nitrogen and oxygen atoms in total. The van der Waals surface area contributed by atoms with E-state index in [2.05, 4.69) is 39.2 Å². The van der Waals surface area contributed by atoms with Gasteiger partial charge < -0.3 is 47.6 Å². The minimum absolute atomic E-state index is 0.217. The van der Waals surface area contributed by atoms with Crippen molar-refractivity contribution < 1.29 is 47.1 Å². The van der Waals surface area contributed by atoms with E-state index in [0.29, 0.717) is 106 Å². The van der Waals surface area contributed by atoms with E-state index in [1.807, 2.05) is 20.8 Å². The lowest BCUT2D eigenvalue weighted by Gasteiger charge is -2.36. The number of ether oxygens (including phenoxy) is 8. The lowest BCUT2D eigenvalue weighted by molar-refractivity contribution is -0.0212. The third-order valence-corrected chi connectivity index (χ3v) is 10.2. The number of hydrogen-bond acceptors (Lipinski definition) is 10. The third-order valence-electron chi connectivity index (χ3n) is 5.64. The Kier molecular flexibility index (Phi) is 22.3. The van der Waals surface area contributed by atoms with Crippen LogP contribution in [0.4, 0.5) is 4.79 Å². The standard InChI is InChI=1S/C27H57NO10Si/c1-26(2,3)38-25(29)28-9-10-30-11-12-31-13-14-32-15-16-33-17-18-34-19-20-35-21-22-36-23-24-37-39(7,8)27(4,5)6/h9-24H2,1-8H3,(H,28,29). The Hall–Kier alpha value is -0.833. The number of carbonyl (C=O) groups excluding carboxylic acids is 1. The molecule has 0 saturated heterocycles. The number of amides is 1. The van der Waals surface area contributed by atoms with Crippen LogP contribution in [0.1, 0.15) is 41.5 Å². The van der Waals surface area contributed by atoms with Gasteiger partial charge in [0, 0.05) is 6.54 Å². The summed E-state index contributed by atoms with van der Waals surface area (Å²) in [6, 6.07) is 0. The molecule has 0 aromatic carbocycles. The summed E-state index contributed by atoms with van der Waals surface area (Å²) in [5.74, 6) is 0. The van der Waals surface area contributed by atoms with Crippen molar-refractivity contribution in [2.75, 3.05) is 106 Å². The first-order valence-corrected chi connectivity index (χ1v) is 16.9. The number of hydrogen-bond donors (Lipinski definition) is 1. The molecule has 0 aromatic rings. The van der Waals surface area contributed by atoms with Gasteiger partial charge in [-0.1, -0.05) is 20.8 Å². The van der Waals surface area contributed by atoms with Crippen LogP contribution >= 0.6 is 0 Å². The molecule has 0 aliphatic heterocycles. The van der Waals surface area contributed by atoms with Gasteiger partial charge in [0.25, 0.3) is 0 Å². The zero-order valence-corrected chi connectivity index (χ0v) is 26.9. The zero-order chi connectivity index (χ0) is 29.5. The number of rotatable bonds is 25. The lowest BCUT2D eigenvalue weighted by Crippen LogP contribution is -2.41. The van der Waals surface area contributed by atoms with Crippen molar-refractivity contribution in [3.8, 4) is 0 Å². The third kappa shape index (κ3) is 25.9. The normalized spacial score (nSPS) is 12.6. The molecule has 0 aliphatic rings.